The topological polar surface area (TPSA) is 49.3 Å². The number of rotatable bonds is 9. The number of hydrogen-bond acceptors (Lipinski definition) is 4. The van der Waals surface area contributed by atoms with Gasteiger partial charge in [0.05, 0.1) is 11.7 Å². The number of benzene rings is 4. The molecule has 0 saturated carbocycles. The van der Waals surface area contributed by atoms with Gasteiger partial charge in [0, 0.05) is 53.1 Å². The maximum atomic E-state index is 4.55. The fourth-order valence-corrected chi connectivity index (χ4v) is 6.43. The first kappa shape index (κ1) is 30.3. The third-order valence-electron chi connectivity index (χ3n) is 8.78. The summed E-state index contributed by atoms with van der Waals surface area (Å²) < 4.78 is 0. The number of pyridine rings is 1. The largest absolute Gasteiger partial charge is 0.388 e. The van der Waals surface area contributed by atoms with Crippen LogP contribution in [0.5, 0.6) is 0 Å². The van der Waals surface area contributed by atoms with Crippen LogP contribution in [-0.4, -0.2) is 18.7 Å². The zero-order chi connectivity index (χ0) is 32.2. The SMILES string of the molecule is C=C/C(C)=C(\C=C)c1c(C)ccc2cc(NC3/C(=C(\N=C)c4cccnc4)C=Cc4ccccc43)c(-c3ccccc3NC)cc12. The molecule has 1 heterocycles. The molecule has 226 valence electrons. The highest BCUT2D eigenvalue weighted by Crippen LogP contribution is 2.44. The summed E-state index contributed by atoms with van der Waals surface area (Å²) in [6, 6.07) is 29.7. The van der Waals surface area contributed by atoms with E-state index in [-0.39, 0.29) is 6.04 Å². The fourth-order valence-electron chi connectivity index (χ4n) is 6.43. The number of allylic oxidation sites excluding steroid dienone is 4. The molecule has 1 aromatic heterocycles. The third kappa shape index (κ3) is 5.50. The number of nitrogens with zero attached hydrogens (tertiary/aromatic N) is 2. The lowest BCUT2D eigenvalue weighted by molar-refractivity contribution is 0.928. The van der Waals surface area contributed by atoms with Gasteiger partial charge in [0.2, 0.25) is 0 Å². The Labute approximate surface area is 272 Å². The van der Waals surface area contributed by atoms with E-state index in [0.717, 1.165) is 66.8 Å². The van der Waals surface area contributed by atoms with Crippen molar-refractivity contribution in [1.29, 1.82) is 0 Å². The van der Waals surface area contributed by atoms with Gasteiger partial charge in [0.15, 0.2) is 0 Å². The minimum absolute atomic E-state index is 0.198. The minimum atomic E-state index is -0.198. The Morgan fingerprint density at radius 2 is 1.67 bits per heavy atom. The van der Waals surface area contributed by atoms with Gasteiger partial charge in [-0.15, -0.1) is 0 Å². The first-order valence-electron chi connectivity index (χ1n) is 15.4. The molecule has 6 rings (SSSR count). The predicted octanol–water partition coefficient (Wildman–Crippen LogP) is 10.7. The molecule has 4 aromatic carbocycles. The van der Waals surface area contributed by atoms with Crippen molar-refractivity contribution < 1.29 is 0 Å². The lowest BCUT2D eigenvalue weighted by Gasteiger charge is -2.29. The van der Waals surface area contributed by atoms with Gasteiger partial charge in [0.25, 0.3) is 0 Å². The van der Waals surface area contributed by atoms with Gasteiger partial charge < -0.3 is 10.6 Å². The molecule has 1 unspecified atom stereocenters. The zero-order valence-corrected chi connectivity index (χ0v) is 26.6. The van der Waals surface area contributed by atoms with Crippen LogP contribution in [0, 0.1) is 6.92 Å². The van der Waals surface area contributed by atoms with E-state index in [0.29, 0.717) is 0 Å². The highest BCUT2D eigenvalue weighted by Gasteiger charge is 2.26. The van der Waals surface area contributed by atoms with Gasteiger partial charge in [-0.25, -0.2) is 0 Å². The second kappa shape index (κ2) is 13.1. The maximum absolute atomic E-state index is 4.55. The Morgan fingerprint density at radius 3 is 2.41 bits per heavy atom. The number of fused-ring (bicyclic) bond motifs is 2. The molecule has 0 radical (unpaired) electrons. The fraction of sp³-hybridized carbons (Fsp3) is 0.0952. The summed E-state index contributed by atoms with van der Waals surface area (Å²) in [5.41, 5.74) is 13.8. The van der Waals surface area contributed by atoms with Gasteiger partial charge >= 0.3 is 0 Å². The molecule has 0 spiro atoms. The van der Waals surface area contributed by atoms with Crippen LogP contribution in [0.3, 0.4) is 0 Å². The predicted molar refractivity (Wildman–Crippen MR) is 199 cm³/mol. The normalized spacial score (nSPS) is 15.4. The second-order valence-electron chi connectivity index (χ2n) is 11.4. The number of aliphatic imine (C=N–C) groups is 1. The summed E-state index contributed by atoms with van der Waals surface area (Å²) in [6.45, 7) is 16.5. The Morgan fingerprint density at radius 1 is 0.870 bits per heavy atom. The van der Waals surface area contributed by atoms with Crippen LogP contribution in [-0.2, 0) is 0 Å². The molecule has 1 atom stereocenters. The van der Waals surface area contributed by atoms with Crippen LogP contribution in [0.2, 0.25) is 0 Å². The molecule has 0 saturated heterocycles. The van der Waals surface area contributed by atoms with Crippen molar-refractivity contribution in [2.24, 2.45) is 4.99 Å². The van der Waals surface area contributed by atoms with Crippen molar-refractivity contribution in [3.8, 4) is 11.1 Å². The van der Waals surface area contributed by atoms with Crippen molar-refractivity contribution >= 4 is 46.2 Å². The van der Waals surface area contributed by atoms with Crippen molar-refractivity contribution in [2.75, 3.05) is 17.7 Å². The summed E-state index contributed by atoms with van der Waals surface area (Å²) in [6.07, 6.45) is 11.8. The van der Waals surface area contributed by atoms with Gasteiger partial charge in [-0.05, 0) is 95.1 Å². The van der Waals surface area contributed by atoms with E-state index in [2.05, 4.69) is 139 Å². The lowest BCUT2D eigenvalue weighted by atomic mass is 9.85. The number of anilines is 2. The van der Waals surface area contributed by atoms with Gasteiger partial charge in [-0.1, -0.05) is 92.1 Å². The number of hydrogen-bond donors (Lipinski definition) is 2. The monoisotopic (exact) mass is 598 g/mol. The van der Waals surface area contributed by atoms with Gasteiger partial charge in [-0.2, -0.15) is 0 Å². The van der Waals surface area contributed by atoms with Gasteiger partial charge in [-0.3, -0.25) is 9.98 Å². The van der Waals surface area contributed by atoms with Crippen LogP contribution < -0.4 is 10.6 Å². The lowest BCUT2D eigenvalue weighted by Crippen LogP contribution is -2.18. The molecule has 4 nitrogen and oxygen atoms in total. The van der Waals surface area contributed by atoms with E-state index in [4.69, 9.17) is 0 Å². The molecule has 1 aliphatic carbocycles. The third-order valence-corrected chi connectivity index (χ3v) is 8.78. The summed E-state index contributed by atoms with van der Waals surface area (Å²) in [5.74, 6) is 0. The van der Waals surface area contributed by atoms with Crippen molar-refractivity contribution in [3.63, 3.8) is 0 Å². The molecule has 0 bridgehead atoms. The van der Waals surface area contributed by atoms with Crippen LogP contribution in [0.4, 0.5) is 11.4 Å². The first-order chi connectivity index (χ1) is 22.5. The molecule has 46 heavy (non-hydrogen) atoms. The molecule has 0 aliphatic heterocycles. The Hall–Kier alpha value is -5.74. The average Bonchev–Trinajstić information content (AvgIpc) is 3.10. The average molecular weight is 599 g/mol. The van der Waals surface area contributed by atoms with E-state index in [9.17, 15) is 0 Å². The molecule has 0 amide bonds. The van der Waals surface area contributed by atoms with E-state index < -0.39 is 0 Å². The van der Waals surface area contributed by atoms with Crippen molar-refractivity contribution in [2.45, 2.75) is 19.9 Å². The van der Waals surface area contributed by atoms with Crippen LogP contribution in [0.1, 0.15) is 40.8 Å². The Balaban J connectivity index is 1.65. The van der Waals surface area contributed by atoms with Gasteiger partial charge in [0.1, 0.15) is 0 Å². The Bertz CT molecular complexity index is 2080. The first-order valence-corrected chi connectivity index (χ1v) is 15.4. The number of aryl methyl sites for hydroxylation is 1. The summed E-state index contributed by atoms with van der Waals surface area (Å²) in [5, 5.41) is 9.70. The molecular formula is C42H38N4. The van der Waals surface area contributed by atoms with E-state index >= 15 is 0 Å². The maximum Gasteiger partial charge on any atom is 0.0794 e. The van der Waals surface area contributed by atoms with E-state index in [1.54, 1.807) is 6.20 Å². The van der Waals surface area contributed by atoms with Crippen LogP contribution in [0.25, 0.3) is 39.2 Å². The number of aromatic nitrogens is 1. The number of nitrogens with one attached hydrogen (secondary N) is 2. The second-order valence-corrected chi connectivity index (χ2v) is 11.4. The molecular weight excluding hydrogens is 560 g/mol. The molecule has 0 fully saturated rings. The molecule has 4 heteroatoms. The molecule has 1 aliphatic rings. The van der Waals surface area contributed by atoms with E-state index in [1.807, 2.05) is 37.5 Å². The molecule has 2 N–H and O–H groups in total. The van der Waals surface area contributed by atoms with Crippen molar-refractivity contribution in [3.05, 3.63) is 168 Å². The molecule has 5 aromatic rings. The van der Waals surface area contributed by atoms with Crippen molar-refractivity contribution in [1.82, 2.24) is 4.98 Å². The Kier molecular flexibility index (Phi) is 8.62. The van der Waals surface area contributed by atoms with E-state index in [1.165, 1.54) is 16.7 Å². The summed E-state index contributed by atoms with van der Waals surface area (Å²) >= 11 is 0. The standard InChI is InChI=1S/C42H38N4/c1-7-27(3)32(8-2)40-28(4)19-20-30-24-39(37(25-36(30)40)34-17-11-12-18-38(34)43-5)46-42-33-16-10-9-14-29(33)21-22-35(42)41(44-6)31-15-13-23-45-26-31/h7-26,42-43,46H,1-2,6H2,3-5H3/b32-27+,41-35-. The van der Waals surface area contributed by atoms with Crippen LogP contribution in [0.15, 0.2) is 145 Å². The summed E-state index contributed by atoms with van der Waals surface area (Å²) in [4.78, 5) is 8.92. The zero-order valence-electron chi connectivity index (χ0n) is 26.6. The smallest absolute Gasteiger partial charge is 0.0794 e. The highest BCUT2D eigenvalue weighted by atomic mass is 14.9. The van der Waals surface area contributed by atoms with Crippen LogP contribution >= 0.6 is 0 Å². The minimum Gasteiger partial charge on any atom is -0.388 e. The summed E-state index contributed by atoms with van der Waals surface area (Å²) in [7, 11) is 1.97. The quantitative estimate of drug-likeness (QED) is 0.131. The number of para-hydroxylation sites is 1. The highest BCUT2D eigenvalue weighted by molar-refractivity contribution is 6.04.